The van der Waals surface area contributed by atoms with Gasteiger partial charge in [0.15, 0.2) is 23.4 Å². The summed E-state index contributed by atoms with van der Waals surface area (Å²) in [6, 6.07) is 10.4. The Hall–Kier alpha value is -3.42. The molecule has 8 heteroatoms. The molecule has 3 rings (SSSR count). The van der Waals surface area contributed by atoms with E-state index in [0.29, 0.717) is 17.1 Å². The molecule has 2 aromatic carbocycles. The molecule has 1 unspecified atom stereocenters. The summed E-state index contributed by atoms with van der Waals surface area (Å²) in [6.07, 6.45) is -1.26. The van der Waals surface area contributed by atoms with Gasteiger partial charge in [-0.15, -0.1) is 0 Å². The van der Waals surface area contributed by atoms with E-state index >= 15 is 0 Å². The molecule has 29 heavy (non-hydrogen) atoms. The highest BCUT2D eigenvalue weighted by atomic mass is 19.1. The lowest BCUT2D eigenvalue weighted by Crippen LogP contribution is -2.35. The second-order valence-corrected chi connectivity index (χ2v) is 6.47. The number of Topliss-reactive ketones (excluding diaryl/α,β-unsaturated/α-hetero) is 1. The second-order valence-electron chi connectivity index (χ2n) is 6.47. The quantitative estimate of drug-likeness (QED) is 0.540. The summed E-state index contributed by atoms with van der Waals surface area (Å²) in [5.74, 6) is -0.602. The minimum Gasteiger partial charge on any atom is -0.454 e. The van der Waals surface area contributed by atoms with E-state index in [0.717, 1.165) is 5.56 Å². The van der Waals surface area contributed by atoms with Crippen LogP contribution in [-0.2, 0) is 20.9 Å². The summed E-state index contributed by atoms with van der Waals surface area (Å²) in [6.45, 7) is 1.86. The van der Waals surface area contributed by atoms with Crippen molar-refractivity contribution in [1.82, 2.24) is 5.32 Å². The topological polar surface area (TPSA) is 90.9 Å². The first-order valence-electron chi connectivity index (χ1n) is 9.07. The molecular weight excluding hydrogens is 381 g/mol. The Labute approximate surface area is 166 Å². The number of benzene rings is 2. The molecule has 0 fully saturated rings. The van der Waals surface area contributed by atoms with Crippen molar-refractivity contribution in [3.63, 3.8) is 0 Å². The van der Waals surface area contributed by atoms with Crippen LogP contribution in [0, 0.1) is 5.82 Å². The number of hydrogen-bond acceptors (Lipinski definition) is 6. The molecule has 0 saturated heterocycles. The fourth-order valence-corrected chi connectivity index (χ4v) is 2.69. The molecule has 0 saturated carbocycles. The number of ether oxygens (including phenoxy) is 3. The third-order valence-corrected chi connectivity index (χ3v) is 4.30. The van der Waals surface area contributed by atoms with Gasteiger partial charge >= 0.3 is 5.97 Å². The zero-order valence-corrected chi connectivity index (χ0v) is 15.8. The van der Waals surface area contributed by atoms with Crippen molar-refractivity contribution in [3.05, 3.63) is 59.4 Å². The molecule has 1 N–H and O–H groups in total. The lowest BCUT2D eigenvalue weighted by atomic mass is 10.1. The highest BCUT2D eigenvalue weighted by Gasteiger charge is 2.19. The molecule has 7 nitrogen and oxygen atoms in total. The lowest BCUT2D eigenvalue weighted by molar-refractivity contribution is -0.154. The summed E-state index contributed by atoms with van der Waals surface area (Å²) in [5.41, 5.74) is 1.12. The molecule has 2 aromatic rings. The molecule has 152 valence electrons. The van der Waals surface area contributed by atoms with E-state index in [9.17, 15) is 18.8 Å². The van der Waals surface area contributed by atoms with E-state index in [-0.39, 0.29) is 32.0 Å². The summed E-state index contributed by atoms with van der Waals surface area (Å²) >= 11 is 0. The molecule has 0 radical (unpaired) electrons. The van der Waals surface area contributed by atoms with Crippen molar-refractivity contribution in [2.45, 2.75) is 32.4 Å². The van der Waals surface area contributed by atoms with Crippen LogP contribution in [0.3, 0.4) is 0 Å². The maximum Gasteiger partial charge on any atom is 0.307 e. The predicted octanol–water partition coefficient (Wildman–Crippen LogP) is 2.77. The van der Waals surface area contributed by atoms with Crippen LogP contribution in [0.25, 0.3) is 0 Å². The van der Waals surface area contributed by atoms with E-state index in [2.05, 4.69) is 5.32 Å². The number of nitrogens with one attached hydrogen (secondary N) is 1. The van der Waals surface area contributed by atoms with E-state index in [4.69, 9.17) is 14.2 Å². The molecule has 1 aliphatic heterocycles. The average Bonchev–Trinajstić information content (AvgIpc) is 3.18. The standard InChI is InChI=1S/C21H20FNO6/c1-13(21(26)23-11-14-2-8-18-19(10-14)28-12-27-18)29-20(25)9-7-17(24)15-3-5-16(22)6-4-15/h2-6,8,10,13H,7,9,11-12H2,1H3,(H,23,26). The Bertz CT molecular complexity index is 912. The molecule has 0 bridgehead atoms. The maximum atomic E-state index is 12.9. The van der Waals surface area contributed by atoms with Gasteiger partial charge in [-0.1, -0.05) is 6.07 Å². The first-order valence-corrected chi connectivity index (χ1v) is 9.07. The highest BCUT2D eigenvalue weighted by Crippen LogP contribution is 2.32. The van der Waals surface area contributed by atoms with Crippen molar-refractivity contribution < 1.29 is 33.0 Å². The van der Waals surface area contributed by atoms with Crippen LogP contribution in [-0.4, -0.2) is 30.6 Å². The number of esters is 1. The monoisotopic (exact) mass is 401 g/mol. The average molecular weight is 401 g/mol. The van der Waals surface area contributed by atoms with Crippen molar-refractivity contribution in [1.29, 1.82) is 0 Å². The van der Waals surface area contributed by atoms with Gasteiger partial charge in [-0.25, -0.2) is 4.39 Å². The summed E-state index contributed by atoms with van der Waals surface area (Å²) in [7, 11) is 0. The van der Waals surface area contributed by atoms with Crippen LogP contribution in [0.2, 0.25) is 0 Å². The lowest BCUT2D eigenvalue weighted by Gasteiger charge is -2.13. The zero-order valence-electron chi connectivity index (χ0n) is 15.8. The minimum atomic E-state index is -1.00. The van der Waals surface area contributed by atoms with E-state index < -0.39 is 23.8 Å². The van der Waals surface area contributed by atoms with Crippen molar-refractivity contribution in [2.75, 3.05) is 6.79 Å². The number of amides is 1. The van der Waals surface area contributed by atoms with Gasteiger partial charge in [0.25, 0.3) is 5.91 Å². The van der Waals surface area contributed by atoms with Crippen molar-refractivity contribution >= 4 is 17.7 Å². The number of carbonyl (C=O) groups excluding carboxylic acids is 3. The molecule has 0 aliphatic carbocycles. The van der Waals surface area contributed by atoms with Crippen molar-refractivity contribution in [3.8, 4) is 11.5 Å². The fraction of sp³-hybridized carbons (Fsp3) is 0.286. The number of rotatable bonds is 8. The Morgan fingerprint density at radius 3 is 2.55 bits per heavy atom. The normalized spacial score (nSPS) is 12.9. The Kier molecular flexibility index (Phi) is 6.43. The van der Waals surface area contributed by atoms with Gasteiger partial charge in [0.1, 0.15) is 5.82 Å². The maximum absolute atomic E-state index is 12.9. The van der Waals surface area contributed by atoms with Crippen LogP contribution in [0.15, 0.2) is 42.5 Å². The van der Waals surface area contributed by atoms with Gasteiger partial charge in [-0.05, 0) is 48.9 Å². The molecular formula is C21H20FNO6. The van der Waals surface area contributed by atoms with E-state index in [1.54, 1.807) is 18.2 Å². The predicted molar refractivity (Wildman–Crippen MR) is 99.9 cm³/mol. The first kappa shape index (κ1) is 20.3. The van der Waals surface area contributed by atoms with Gasteiger partial charge in [-0.2, -0.15) is 0 Å². The molecule has 1 atom stereocenters. The smallest absolute Gasteiger partial charge is 0.307 e. The van der Waals surface area contributed by atoms with Crippen LogP contribution in [0.1, 0.15) is 35.7 Å². The molecule has 1 amide bonds. The minimum absolute atomic E-state index is 0.0873. The summed E-state index contributed by atoms with van der Waals surface area (Å²) in [5, 5.41) is 2.68. The first-order chi connectivity index (χ1) is 13.9. The second kappa shape index (κ2) is 9.18. The van der Waals surface area contributed by atoms with Gasteiger partial charge < -0.3 is 19.5 Å². The van der Waals surface area contributed by atoms with Gasteiger partial charge in [-0.3, -0.25) is 14.4 Å². The summed E-state index contributed by atoms with van der Waals surface area (Å²) in [4.78, 5) is 36.0. The van der Waals surface area contributed by atoms with Gasteiger partial charge in [0.2, 0.25) is 6.79 Å². The number of ketones is 1. The number of halogens is 1. The molecule has 1 aliphatic rings. The van der Waals surface area contributed by atoms with E-state index in [1.807, 2.05) is 0 Å². The van der Waals surface area contributed by atoms with Crippen molar-refractivity contribution in [2.24, 2.45) is 0 Å². The highest BCUT2D eigenvalue weighted by molar-refractivity contribution is 5.97. The third-order valence-electron chi connectivity index (χ3n) is 4.30. The summed E-state index contributed by atoms with van der Waals surface area (Å²) < 4.78 is 28.5. The largest absolute Gasteiger partial charge is 0.454 e. The Morgan fingerprint density at radius 2 is 1.79 bits per heavy atom. The van der Waals surface area contributed by atoms with Crippen LogP contribution in [0.4, 0.5) is 4.39 Å². The van der Waals surface area contributed by atoms with Crippen LogP contribution < -0.4 is 14.8 Å². The van der Waals surface area contributed by atoms with E-state index in [1.165, 1.54) is 31.2 Å². The van der Waals surface area contributed by atoms with Gasteiger partial charge in [0, 0.05) is 18.5 Å². The number of fused-ring (bicyclic) bond motifs is 1. The number of hydrogen-bond donors (Lipinski definition) is 1. The zero-order chi connectivity index (χ0) is 20.8. The Morgan fingerprint density at radius 1 is 1.07 bits per heavy atom. The fourth-order valence-electron chi connectivity index (χ4n) is 2.69. The number of carbonyl (C=O) groups is 3. The van der Waals surface area contributed by atoms with Gasteiger partial charge in [0.05, 0.1) is 6.42 Å². The van der Waals surface area contributed by atoms with Crippen LogP contribution >= 0.6 is 0 Å². The SMILES string of the molecule is CC(OC(=O)CCC(=O)c1ccc(F)cc1)C(=O)NCc1ccc2c(c1)OCO2. The molecule has 1 heterocycles. The Balaban J connectivity index is 1.41. The molecule has 0 aromatic heterocycles. The van der Waals surface area contributed by atoms with Crippen LogP contribution in [0.5, 0.6) is 11.5 Å². The third kappa shape index (κ3) is 5.54. The molecule has 0 spiro atoms.